The van der Waals surface area contributed by atoms with Crippen LogP contribution in [0.5, 0.6) is 0 Å². The fourth-order valence-electron chi connectivity index (χ4n) is 3.20. The van der Waals surface area contributed by atoms with Gasteiger partial charge in [0.2, 0.25) is 5.91 Å². The van der Waals surface area contributed by atoms with Gasteiger partial charge in [-0.25, -0.2) is 0 Å². The SMILES string of the molecule is CN1CCC(CNC(=O)CC2(O)CCCCC2)C1. The number of hydrogen-bond donors (Lipinski definition) is 2. The summed E-state index contributed by atoms with van der Waals surface area (Å²) >= 11 is 0. The first kappa shape index (κ1) is 13.8. The summed E-state index contributed by atoms with van der Waals surface area (Å²) in [5.41, 5.74) is -0.727. The zero-order valence-corrected chi connectivity index (χ0v) is 11.5. The van der Waals surface area contributed by atoms with Crippen LogP contribution in [0.1, 0.15) is 44.9 Å². The highest BCUT2D eigenvalue weighted by molar-refractivity contribution is 5.77. The smallest absolute Gasteiger partial charge is 0.222 e. The summed E-state index contributed by atoms with van der Waals surface area (Å²) in [5, 5.41) is 13.3. The Labute approximate surface area is 110 Å². The highest BCUT2D eigenvalue weighted by atomic mass is 16.3. The molecule has 0 radical (unpaired) electrons. The van der Waals surface area contributed by atoms with E-state index in [-0.39, 0.29) is 12.3 Å². The second-order valence-electron chi connectivity index (χ2n) is 6.18. The zero-order valence-electron chi connectivity index (χ0n) is 11.5. The number of nitrogens with zero attached hydrogens (tertiary/aromatic N) is 1. The largest absolute Gasteiger partial charge is 0.389 e. The number of aliphatic hydroxyl groups is 1. The monoisotopic (exact) mass is 254 g/mol. The summed E-state index contributed by atoms with van der Waals surface area (Å²) in [6.45, 7) is 2.97. The number of rotatable bonds is 4. The van der Waals surface area contributed by atoms with Crippen LogP contribution in [0.4, 0.5) is 0 Å². The Morgan fingerprint density at radius 3 is 2.72 bits per heavy atom. The fourth-order valence-corrected chi connectivity index (χ4v) is 3.20. The maximum absolute atomic E-state index is 11.9. The molecule has 4 nitrogen and oxygen atoms in total. The molecule has 1 saturated heterocycles. The third-order valence-corrected chi connectivity index (χ3v) is 4.35. The molecule has 0 spiro atoms. The van der Waals surface area contributed by atoms with Crippen LogP contribution in [0.3, 0.4) is 0 Å². The van der Waals surface area contributed by atoms with Gasteiger partial charge in [0, 0.05) is 13.1 Å². The molecule has 0 bridgehead atoms. The minimum Gasteiger partial charge on any atom is -0.389 e. The normalized spacial score (nSPS) is 28.2. The molecule has 1 aliphatic carbocycles. The second kappa shape index (κ2) is 6.02. The Bertz CT molecular complexity index is 288. The predicted molar refractivity (Wildman–Crippen MR) is 71.3 cm³/mol. The van der Waals surface area contributed by atoms with E-state index in [0.29, 0.717) is 5.92 Å². The number of nitrogens with one attached hydrogen (secondary N) is 1. The van der Waals surface area contributed by atoms with Crippen LogP contribution in [0, 0.1) is 5.92 Å². The molecule has 2 N–H and O–H groups in total. The summed E-state index contributed by atoms with van der Waals surface area (Å²) in [6.07, 6.45) is 6.32. The maximum Gasteiger partial charge on any atom is 0.222 e. The molecule has 18 heavy (non-hydrogen) atoms. The Hall–Kier alpha value is -0.610. The zero-order chi connectivity index (χ0) is 13.0. The summed E-state index contributed by atoms with van der Waals surface area (Å²) in [5.74, 6) is 0.605. The van der Waals surface area contributed by atoms with Crippen LogP contribution in [0.15, 0.2) is 0 Å². The average Bonchev–Trinajstić information content (AvgIpc) is 2.73. The quantitative estimate of drug-likeness (QED) is 0.791. The van der Waals surface area contributed by atoms with Crippen molar-refractivity contribution < 1.29 is 9.90 Å². The van der Waals surface area contributed by atoms with E-state index < -0.39 is 5.60 Å². The molecule has 1 unspecified atom stereocenters. The number of likely N-dealkylation sites (tertiary alicyclic amines) is 1. The highest BCUT2D eigenvalue weighted by Crippen LogP contribution is 2.30. The lowest BCUT2D eigenvalue weighted by molar-refractivity contribution is -0.127. The standard InChI is InChI=1S/C14H26N2O2/c1-16-8-5-12(11-16)10-15-13(17)9-14(18)6-3-2-4-7-14/h12,18H,2-11H2,1H3,(H,15,17). The Morgan fingerprint density at radius 2 is 2.11 bits per heavy atom. The van der Waals surface area contributed by atoms with Crippen LogP contribution < -0.4 is 5.32 Å². The van der Waals surface area contributed by atoms with Crippen LogP contribution in [-0.4, -0.2) is 48.2 Å². The van der Waals surface area contributed by atoms with Gasteiger partial charge in [-0.05, 0) is 38.8 Å². The molecule has 104 valence electrons. The van der Waals surface area contributed by atoms with Crippen molar-refractivity contribution in [3.05, 3.63) is 0 Å². The summed E-state index contributed by atoms with van der Waals surface area (Å²) in [4.78, 5) is 14.2. The van der Waals surface area contributed by atoms with Crippen LogP contribution in [-0.2, 0) is 4.79 Å². The Morgan fingerprint density at radius 1 is 1.39 bits per heavy atom. The second-order valence-corrected chi connectivity index (χ2v) is 6.18. The van der Waals surface area contributed by atoms with Crippen molar-refractivity contribution in [2.75, 3.05) is 26.7 Å². The van der Waals surface area contributed by atoms with E-state index in [2.05, 4.69) is 17.3 Å². The molecule has 2 fully saturated rings. The number of carbonyl (C=O) groups excluding carboxylic acids is 1. The highest BCUT2D eigenvalue weighted by Gasteiger charge is 2.31. The maximum atomic E-state index is 11.9. The molecule has 1 atom stereocenters. The van der Waals surface area contributed by atoms with Gasteiger partial charge in [0.05, 0.1) is 12.0 Å². The van der Waals surface area contributed by atoms with E-state index in [0.717, 1.165) is 45.3 Å². The fraction of sp³-hybridized carbons (Fsp3) is 0.929. The Balaban J connectivity index is 1.68. The van der Waals surface area contributed by atoms with Crippen molar-refractivity contribution in [3.63, 3.8) is 0 Å². The molecule has 2 rings (SSSR count). The molecular formula is C14H26N2O2. The van der Waals surface area contributed by atoms with E-state index in [1.54, 1.807) is 0 Å². The van der Waals surface area contributed by atoms with Gasteiger partial charge in [0.25, 0.3) is 0 Å². The van der Waals surface area contributed by atoms with Gasteiger partial charge >= 0.3 is 0 Å². The van der Waals surface area contributed by atoms with Gasteiger partial charge in [-0.3, -0.25) is 4.79 Å². The summed E-state index contributed by atoms with van der Waals surface area (Å²) in [7, 11) is 2.12. The molecule has 1 aliphatic heterocycles. The molecular weight excluding hydrogens is 228 g/mol. The van der Waals surface area contributed by atoms with Crippen LogP contribution in [0.25, 0.3) is 0 Å². The van der Waals surface area contributed by atoms with E-state index in [9.17, 15) is 9.90 Å². The van der Waals surface area contributed by atoms with Crippen molar-refractivity contribution in [2.45, 2.75) is 50.5 Å². The minimum absolute atomic E-state index is 0.0222. The first-order chi connectivity index (χ1) is 8.57. The van der Waals surface area contributed by atoms with Crippen molar-refractivity contribution in [3.8, 4) is 0 Å². The molecule has 0 aromatic heterocycles. The molecule has 2 aliphatic rings. The van der Waals surface area contributed by atoms with Gasteiger partial charge in [0.1, 0.15) is 0 Å². The molecule has 0 aromatic rings. The lowest BCUT2D eigenvalue weighted by atomic mass is 9.82. The number of amides is 1. The molecule has 1 amide bonds. The van der Waals surface area contributed by atoms with Gasteiger partial charge in [-0.2, -0.15) is 0 Å². The van der Waals surface area contributed by atoms with E-state index in [1.807, 2.05) is 0 Å². The van der Waals surface area contributed by atoms with Crippen molar-refractivity contribution >= 4 is 5.91 Å². The lowest BCUT2D eigenvalue weighted by Gasteiger charge is -2.31. The van der Waals surface area contributed by atoms with Gasteiger partial charge in [0.15, 0.2) is 0 Å². The van der Waals surface area contributed by atoms with E-state index in [1.165, 1.54) is 12.8 Å². The minimum atomic E-state index is -0.727. The van der Waals surface area contributed by atoms with Gasteiger partial charge < -0.3 is 15.3 Å². The summed E-state index contributed by atoms with van der Waals surface area (Å²) in [6, 6.07) is 0. The molecule has 4 heteroatoms. The van der Waals surface area contributed by atoms with E-state index in [4.69, 9.17) is 0 Å². The lowest BCUT2D eigenvalue weighted by Crippen LogP contribution is -2.39. The molecule has 0 aromatic carbocycles. The van der Waals surface area contributed by atoms with Crippen LogP contribution >= 0.6 is 0 Å². The average molecular weight is 254 g/mol. The number of hydrogen-bond acceptors (Lipinski definition) is 3. The summed E-state index contributed by atoms with van der Waals surface area (Å²) < 4.78 is 0. The third kappa shape index (κ3) is 3.95. The van der Waals surface area contributed by atoms with Gasteiger partial charge in [-0.15, -0.1) is 0 Å². The molecule has 1 heterocycles. The first-order valence-corrected chi connectivity index (χ1v) is 7.25. The Kier molecular flexibility index (Phi) is 4.62. The van der Waals surface area contributed by atoms with E-state index >= 15 is 0 Å². The molecule has 1 saturated carbocycles. The third-order valence-electron chi connectivity index (χ3n) is 4.35. The predicted octanol–water partition coefficient (Wildman–Crippen LogP) is 1.14. The van der Waals surface area contributed by atoms with Crippen LogP contribution in [0.2, 0.25) is 0 Å². The van der Waals surface area contributed by atoms with Crippen molar-refractivity contribution in [2.24, 2.45) is 5.92 Å². The topological polar surface area (TPSA) is 52.6 Å². The van der Waals surface area contributed by atoms with Gasteiger partial charge in [-0.1, -0.05) is 19.3 Å². The first-order valence-electron chi connectivity index (χ1n) is 7.25. The van der Waals surface area contributed by atoms with Crippen molar-refractivity contribution in [1.82, 2.24) is 10.2 Å². The number of carbonyl (C=O) groups is 1. The van der Waals surface area contributed by atoms with Crippen molar-refractivity contribution in [1.29, 1.82) is 0 Å².